The molecular formula is C21H26N4O6S. The normalized spacial score (nSPS) is 15.2. The number of carbonyl (C=O) groups is 1. The van der Waals surface area contributed by atoms with E-state index in [0.717, 1.165) is 35.4 Å². The molecule has 0 unspecified atom stereocenters. The molecule has 2 aromatic rings. The highest BCUT2D eigenvalue weighted by molar-refractivity contribution is 7.92. The zero-order valence-corrected chi connectivity index (χ0v) is 19.0. The Morgan fingerprint density at radius 1 is 1.19 bits per heavy atom. The lowest BCUT2D eigenvalue weighted by atomic mass is 10.1. The van der Waals surface area contributed by atoms with Crippen molar-refractivity contribution in [2.45, 2.75) is 19.9 Å². The molecular weight excluding hydrogens is 436 g/mol. The molecule has 3 rings (SSSR count). The smallest absolute Gasteiger partial charge is 0.271 e. The Morgan fingerprint density at radius 3 is 2.38 bits per heavy atom. The number of carbonyl (C=O) groups excluding carboxylic acids is 1. The van der Waals surface area contributed by atoms with Crippen LogP contribution < -0.4 is 14.5 Å². The van der Waals surface area contributed by atoms with E-state index in [2.05, 4.69) is 10.2 Å². The van der Waals surface area contributed by atoms with Crippen LogP contribution in [0.5, 0.6) is 0 Å². The van der Waals surface area contributed by atoms with Crippen molar-refractivity contribution >= 4 is 38.7 Å². The van der Waals surface area contributed by atoms with Crippen molar-refractivity contribution in [1.82, 2.24) is 0 Å². The number of amides is 1. The molecule has 0 spiro atoms. The largest absolute Gasteiger partial charge is 0.378 e. The number of anilines is 3. The third-order valence-electron chi connectivity index (χ3n) is 5.24. The Bertz CT molecular complexity index is 1100. The minimum absolute atomic E-state index is 0.0898. The fraction of sp³-hybridized carbons (Fsp3) is 0.381. The molecule has 1 fully saturated rings. The zero-order valence-electron chi connectivity index (χ0n) is 18.1. The number of benzene rings is 2. The van der Waals surface area contributed by atoms with Crippen molar-refractivity contribution in [3.05, 3.63) is 58.1 Å². The van der Waals surface area contributed by atoms with Gasteiger partial charge in [-0.15, -0.1) is 0 Å². The summed E-state index contributed by atoms with van der Waals surface area (Å²) in [6, 6.07) is 10.0. The van der Waals surface area contributed by atoms with Gasteiger partial charge in [-0.2, -0.15) is 0 Å². The van der Waals surface area contributed by atoms with Gasteiger partial charge in [-0.05, 0) is 43.7 Å². The standard InChI is InChI=1S/C21H26N4O6S/c1-15-4-7-19(25(27)28)14-20(15)24(32(3,29)30)16(2)21(26)22-17-5-8-18(9-6-17)23-10-12-31-13-11-23/h4-9,14,16H,10-13H2,1-3H3,(H,22,26)/t16-/m1/s1. The van der Waals surface area contributed by atoms with Gasteiger partial charge in [0.25, 0.3) is 5.69 Å². The number of morpholine rings is 1. The van der Waals surface area contributed by atoms with Gasteiger partial charge in [0, 0.05) is 36.6 Å². The van der Waals surface area contributed by atoms with Gasteiger partial charge in [0.05, 0.1) is 30.1 Å². The quantitative estimate of drug-likeness (QED) is 0.495. The van der Waals surface area contributed by atoms with E-state index in [1.165, 1.54) is 19.1 Å². The number of nitro groups is 1. The molecule has 1 amide bonds. The van der Waals surface area contributed by atoms with Crippen LogP contribution in [0.3, 0.4) is 0 Å². The molecule has 172 valence electrons. The summed E-state index contributed by atoms with van der Waals surface area (Å²) in [5.41, 5.74) is 1.85. The number of ether oxygens (including phenoxy) is 1. The molecule has 1 aliphatic rings. The number of hydrogen-bond acceptors (Lipinski definition) is 7. The first-order valence-electron chi connectivity index (χ1n) is 10.1. The van der Waals surface area contributed by atoms with Gasteiger partial charge in [-0.1, -0.05) is 6.07 Å². The second kappa shape index (κ2) is 9.53. The van der Waals surface area contributed by atoms with Crippen molar-refractivity contribution in [3.63, 3.8) is 0 Å². The average molecular weight is 463 g/mol. The maximum atomic E-state index is 12.9. The number of nitrogens with zero attached hydrogens (tertiary/aromatic N) is 3. The summed E-state index contributed by atoms with van der Waals surface area (Å²) in [7, 11) is -3.91. The van der Waals surface area contributed by atoms with E-state index >= 15 is 0 Å². The fourth-order valence-corrected chi connectivity index (χ4v) is 4.78. The lowest BCUT2D eigenvalue weighted by Crippen LogP contribution is -2.45. The van der Waals surface area contributed by atoms with Crippen LogP contribution in [0.15, 0.2) is 42.5 Å². The van der Waals surface area contributed by atoms with Gasteiger partial charge < -0.3 is 15.0 Å². The third kappa shape index (κ3) is 5.35. The SMILES string of the molecule is Cc1ccc([N+](=O)[O-])cc1N([C@H](C)C(=O)Nc1ccc(N2CCOCC2)cc1)S(C)(=O)=O. The molecule has 0 saturated carbocycles. The summed E-state index contributed by atoms with van der Waals surface area (Å²) in [5.74, 6) is -0.555. The number of sulfonamides is 1. The van der Waals surface area contributed by atoms with E-state index in [1.807, 2.05) is 12.1 Å². The third-order valence-corrected chi connectivity index (χ3v) is 6.47. The summed E-state index contributed by atoms with van der Waals surface area (Å²) >= 11 is 0. The highest BCUT2D eigenvalue weighted by atomic mass is 32.2. The highest BCUT2D eigenvalue weighted by Gasteiger charge is 2.31. The predicted octanol–water partition coefficient (Wildman–Crippen LogP) is 2.53. The average Bonchev–Trinajstić information content (AvgIpc) is 2.75. The summed E-state index contributed by atoms with van der Waals surface area (Å²) in [5, 5.41) is 13.9. The lowest BCUT2D eigenvalue weighted by molar-refractivity contribution is -0.384. The molecule has 0 aromatic heterocycles. The van der Waals surface area contributed by atoms with Crippen LogP contribution in [-0.4, -0.2) is 57.8 Å². The Morgan fingerprint density at radius 2 is 1.81 bits per heavy atom. The molecule has 0 bridgehead atoms. The van der Waals surface area contributed by atoms with Crippen molar-refractivity contribution in [3.8, 4) is 0 Å². The van der Waals surface area contributed by atoms with Crippen molar-refractivity contribution in [1.29, 1.82) is 0 Å². The van der Waals surface area contributed by atoms with Crippen LogP contribution >= 0.6 is 0 Å². The first-order valence-corrected chi connectivity index (χ1v) is 11.9. The zero-order chi connectivity index (χ0) is 23.5. The number of rotatable bonds is 7. The number of aryl methyl sites for hydroxylation is 1. The van der Waals surface area contributed by atoms with Crippen molar-refractivity contribution < 1.29 is 22.9 Å². The van der Waals surface area contributed by atoms with Crippen LogP contribution in [0.1, 0.15) is 12.5 Å². The number of non-ortho nitro benzene ring substituents is 1. The van der Waals surface area contributed by atoms with Crippen LogP contribution in [0.25, 0.3) is 0 Å². The van der Waals surface area contributed by atoms with E-state index < -0.39 is 26.9 Å². The summed E-state index contributed by atoms with van der Waals surface area (Å²) in [6.07, 6.45) is 0.964. The van der Waals surface area contributed by atoms with E-state index in [4.69, 9.17) is 4.74 Å². The molecule has 2 aromatic carbocycles. The molecule has 1 N–H and O–H groups in total. The van der Waals surface area contributed by atoms with E-state index in [0.29, 0.717) is 24.5 Å². The molecule has 1 saturated heterocycles. The maximum absolute atomic E-state index is 12.9. The highest BCUT2D eigenvalue weighted by Crippen LogP contribution is 2.29. The van der Waals surface area contributed by atoms with E-state index in [9.17, 15) is 23.3 Å². The Labute approximate surface area is 187 Å². The molecule has 11 heteroatoms. The second-order valence-electron chi connectivity index (χ2n) is 7.60. The van der Waals surface area contributed by atoms with Gasteiger partial charge in [-0.25, -0.2) is 8.42 Å². The first-order chi connectivity index (χ1) is 15.1. The van der Waals surface area contributed by atoms with Gasteiger partial charge in [0.2, 0.25) is 15.9 Å². The fourth-order valence-electron chi connectivity index (χ4n) is 3.55. The molecule has 0 radical (unpaired) electrons. The monoisotopic (exact) mass is 462 g/mol. The maximum Gasteiger partial charge on any atom is 0.271 e. The Balaban J connectivity index is 1.81. The van der Waals surface area contributed by atoms with E-state index in [-0.39, 0.29) is 11.4 Å². The topological polar surface area (TPSA) is 122 Å². The summed E-state index contributed by atoms with van der Waals surface area (Å²) < 4.78 is 31.3. The van der Waals surface area contributed by atoms with Crippen LogP contribution in [-0.2, 0) is 19.6 Å². The molecule has 32 heavy (non-hydrogen) atoms. The van der Waals surface area contributed by atoms with Gasteiger partial charge >= 0.3 is 0 Å². The number of nitro benzene ring substituents is 1. The number of nitrogens with one attached hydrogen (secondary N) is 1. The van der Waals surface area contributed by atoms with Gasteiger partial charge in [-0.3, -0.25) is 19.2 Å². The van der Waals surface area contributed by atoms with Crippen molar-refractivity contribution in [2.75, 3.05) is 47.1 Å². The molecule has 1 heterocycles. The Hall–Kier alpha value is -3.18. The van der Waals surface area contributed by atoms with Crippen molar-refractivity contribution in [2.24, 2.45) is 0 Å². The van der Waals surface area contributed by atoms with Gasteiger partial charge in [0.1, 0.15) is 6.04 Å². The number of hydrogen-bond donors (Lipinski definition) is 1. The second-order valence-corrected chi connectivity index (χ2v) is 9.46. The molecule has 0 aliphatic carbocycles. The lowest BCUT2D eigenvalue weighted by Gasteiger charge is -2.30. The summed E-state index contributed by atoms with van der Waals surface area (Å²) in [6.45, 7) is 5.97. The minimum atomic E-state index is -3.91. The van der Waals surface area contributed by atoms with Gasteiger partial charge in [0.15, 0.2) is 0 Å². The van der Waals surface area contributed by atoms with Crippen LogP contribution in [0.2, 0.25) is 0 Å². The molecule has 10 nitrogen and oxygen atoms in total. The van der Waals surface area contributed by atoms with Crippen LogP contribution in [0, 0.1) is 17.0 Å². The minimum Gasteiger partial charge on any atom is -0.378 e. The summed E-state index contributed by atoms with van der Waals surface area (Å²) in [4.78, 5) is 25.7. The predicted molar refractivity (Wildman–Crippen MR) is 123 cm³/mol. The first kappa shape index (κ1) is 23.5. The molecule has 1 aliphatic heterocycles. The molecule has 1 atom stereocenters. The van der Waals surface area contributed by atoms with Crippen LogP contribution in [0.4, 0.5) is 22.7 Å². The Kier molecular flexibility index (Phi) is 6.99. The van der Waals surface area contributed by atoms with E-state index in [1.54, 1.807) is 19.1 Å².